The molecule has 2 N–H and O–H groups in total. The number of guanidine groups is 1. The molecule has 0 aliphatic carbocycles. The van der Waals surface area contributed by atoms with Gasteiger partial charge in [-0.2, -0.15) is 0 Å². The van der Waals surface area contributed by atoms with Gasteiger partial charge in [-0.25, -0.2) is 9.98 Å². The third-order valence-corrected chi connectivity index (χ3v) is 4.90. The molecule has 8 heteroatoms. The van der Waals surface area contributed by atoms with Crippen molar-refractivity contribution in [2.24, 2.45) is 4.99 Å². The van der Waals surface area contributed by atoms with Crippen molar-refractivity contribution in [2.45, 2.75) is 20.4 Å². The van der Waals surface area contributed by atoms with Gasteiger partial charge in [-0.3, -0.25) is 0 Å². The summed E-state index contributed by atoms with van der Waals surface area (Å²) in [6.07, 6.45) is 0. The number of benzene rings is 2. The molecule has 0 spiro atoms. The fourth-order valence-corrected chi connectivity index (χ4v) is 3.46. The van der Waals surface area contributed by atoms with Crippen LogP contribution in [0.2, 0.25) is 0 Å². The Kier molecular flexibility index (Phi) is 9.88. The molecule has 3 rings (SSSR count). The number of methoxy groups -OCH3 is 1. The lowest BCUT2D eigenvalue weighted by atomic mass is 10.2. The van der Waals surface area contributed by atoms with Crippen LogP contribution in [-0.4, -0.2) is 31.2 Å². The van der Waals surface area contributed by atoms with Crippen molar-refractivity contribution in [3.63, 3.8) is 0 Å². The molecule has 0 saturated heterocycles. The molecule has 0 amide bonds. The summed E-state index contributed by atoms with van der Waals surface area (Å²) in [6.45, 7) is 5.83. The van der Waals surface area contributed by atoms with Gasteiger partial charge in [0.2, 0.25) is 0 Å². The number of hydrogen-bond donors (Lipinski definition) is 2. The molecule has 0 saturated carbocycles. The van der Waals surface area contributed by atoms with Crippen molar-refractivity contribution in [1.82, 2.24) is 10.3 Å². The van der Waals surface area contributed by atoms with E-state index in [0.29, 0.717) is 24.9 Å². The summed E-state index contributed by atoms with van der Waals surface area (Å²) in [4.78, 5) is 9.37. The van der Waals surface area contributed by atoms with E-state index < -0.39 is 0 Å². The third kappa shape index (κ3) is 6.60. The number of aromatic nitrogens is 1. The van der Waals surface area contributed by atoms with Crippen LogP contribution < -0.4 is 20.1 Å². The molecule has 1 aromatic heterocycles. The minimum absolute atomic E-state index is 0. The number of ether oxygens (including phenoxy) is 2. The summed E-state index contributed by atoms with van der Waals surface area (Å²) in [5, 5.41) is 9.60. The molecule has 0 radical (unpaired) electrons. The van der Waals surface area contributed by atoms with Crippen LogP contribution in [0.1, 0.15) is 18.9 Å². The second kappa shape index (κ2) is 12.4. The standard InChI is InChI=1S/C22H26N4O2S.HI/c1-4-23-22(25-17-11-12-19(28-5-2)20(13-17)27-3)24-14-21-26-18(15-29-21)16-9-7-6-8-10-16;/h6-13,15H,4-5,14H2,1-3H3,(H2,23,24,25);1H. The second-order valence-electron chi connectivity index (χ2n) is 6.11. The Balaban J connectivity index is 0.00000320. The average molecular weight is 538 g/mol. The van der Waals surface area contributed by atoms with Crippen molar-refractivity contribution in [1.29, 1.82) is 0 Å². The highest BCUT2D eigenvalue weighted by atomic mass is 127. The fraction of sp³-hybridized carbons (Fsp3) is 0.273. The van der Waals surface area contributed by atoms with E-state index in [2.05, 4.69) is 33.1 Å². The lowest BCUT2D eigenvalue weighted by molar-refractivity contribution is 0.311. The number of anilines is 1. The van der Waals surface area contributed by atoms with E-state index in [9.17, 15) is 0 Å². The summed E-state index contributed by atoms with van der Waals surface area (Å²) in [5.74, 6) is 2.09. The molecule has 0 aliphatic rings. The fourth-order valence-electron chi connectivity index (χ4n) is 2.74. The van der Waals surface area contributed by atoms with E-state index in [-0.39, 0.29) is 24.0 Å². The molecular weight excluding hydrogens is 511 g/mol. The highest BCUT2D eigenvalue weighted by Gasteiger charge is 2.08. The lowest BCUT2D eigenvalue weighted by Crippen LogP contribution is -2.30. The van der Waals surface area contributed by atoms with Gasteiger partial charge in [-0.15, -0.1) is 35.3 Å². The molecule has 2 aromatic carbocycles. The first-order valence-corrected chi connectivity index (χ1v) is 10.5. The summed E-state index contributed by atoms with van der Waals surface area (Å²) < 4.78 is 11.0. The number of nitrogens with zero attached hydrogens (tertiary/aromatic N) is 2. The van der Waals surface area contributed by atoms with Crippen LogP contribution in [0.15, 0.2) is 58.9 Å². The number of thiazole rings is 1. The van der Waals surface area contributed by atoms with Crippen molar-refractivity contribution in [2.75, 3.05) is 25.6 Å². The molecule has 0 fully saturated rings. The van der Waals surface area contributed by atoms with Crippen LogP contribution >= 0.6 is 35.3 Å². The summed E-state index contributed by atoms with van der Waals surface area (Å²) in [6, 6.07) is 15.9. The number of nitrogens with one attached hydrogen (secondary N) is 2. The molecule has 0 bridgehead atoms. The Morgan fingerprint density at radius 1 is 1.10 bits per heavy atom. The molecule has 0 unspecified atom stereocenters. The first-order valence-electron chi connectivity index (χ1n) is 9.59. The number of aliphatic imine (C=N–C) groups is 1. The van der Waals surface area contributed by atoms with Crippen LogP contribution in [0.4, 0.5) is 5.69 Å². The smallest absolute Gasteiger partial charge is 0.196 e. The van der Waals surface area contributed by atoms with Gasteiger partial charge in [0.25, 0.3) is 0 Å². The summed E-state index contributed by atoms with van der Waals surface area (Å²) in [5.41, 5.74) is 2.97. The molecule has 6 nitrogen and oxygen atoms in total. The van der Waals surface area contributed by atoms with Crippen molar-refractivity contribution >= 4 is 47.0 Å². The monoisotopic (exact) mass is 538 g/mol. The van der Waals surface area contributed by atoms with Gasteiger partial charge in [0.05, 0.1) is 26.0 Å². The highest BCUT2D eigenvalue weighted by Crippen LogP contribution is 2.30. The van der Waals surface area contributed by atoms with E-state index in [1.54, 1.807) is 18.4 Å². The van der Waals surface area contributed by atoms with E-state index >= 15 is 0 Å². The van der Waals surface area contributed by atoms with Crippen molar-refractivity contribution in [3.05, 3.63) is 58.9 Å². The van der Waals surface area contributed by atoms with E-state index in [0.717, 1.165) is 34.2 Å². The minimum atomic E-state index is 0. The summed E-state index contributed by atoms with van der Waals surface area (Å²) in [7, 11) is 1.63. The van der Waals surface area contributed by atoms with Gasteiger partial charge in [-0.1, -0.05) is 30.3 Å². The molecule has 1 heterocycles. The normalized spacial score (nSPS) is 10.8. The second-order valence-corrected chi connectivity index (χ2v) is 7.05. The molecule has 0 aliphatic heterocycles. The maximum atomic E-state index is 5.57. The van der Waals surface area contributed by atoms with Gasteiger partial charge < -0.3 is 20.1 Å². The Morgan fingerprint density at radius 3 is 2.60 bits per heavy atom. The zero-order chi connectivity index (χ0) is 20.5. The maximum absolute atomic E-state index is 5.57. The van der Waals surface area contributed by atoms with Gasteiger partial charge in [0.1, 0.15) is 5.01 Å². The average Bonchev–Trinajstić information content (AvgIpc) is 3.23. The lowest BCUT2D eigenvalue weighted by Gasteiger charge is -2.14. The zero-order valence-electron chi connectivity index (χ0n) is 17.3. The van der Waals surface area contributed by atoms with Crippen LogP contribution in [0, 0.1) is 0 Å². The zero-order valence-corrected chi connectivity index (χ0v) is 20.5. The Hall–Kier alpha value is -2.33. The van der Waals surface area contributed by atoms with Crippen molar-refractivity contribution < 1.29 is 9.47 Å². The molecule has 30 heavy (non-hydrogen) atoms. The predicted octanol–water partition coefficient (Wildman–Crippen LogP) is 5.41. The SMILES string of the molecule is CCNC(=NCc1nc(-c2ccccc2)cs1)Nc1ccc(OCC)c(OC)c1.I. The predicted molar refractivity (Wildman–Crippen MR) is 136 cm³/mol. The van der Waals surface area contributed by atoms with Gasteiger partial charge in [-0.05, 0) is 26.0 Å². The van der Waals surface area contributed by atoms with E-state index in [4.69, 9.17) is 14.5 Å². The van der Waals surface area contributed by atoms with Gasteiger partial charge in [0, 0.05) is 29.2 Å². The van der Waals surface area contributed by atoms with Crippen LogP contribution in [-0.2, 0) is 6.54 Å². The molecular formula is C22H27IN4O2S. The van der Waals surface area contributed by atoms with E-state index in [1.165, 1.54) is 0 Å². The quantitative estimate of drug-likeness (QED) is 0.228. The molecule has 0 atom stereocenters. The van der Waals surface area contributed by atoms with Crippen LogP contribution in [0.25, 0.3) is 11.3 Å². The van der Waals surface area contributed by atoms with Gasteiger partial charge in [0.15, 0.2) is 17.5 Å². The largest absolute Gasteiger partial charge is 0.493 e. The number of hydrogen-bond acceptors (Lipinski definition) is 5. The van der Waals surface area contributed by atoms with Crippen molar-refractivity contribution in [3.8, 4) is 22.8 Å². The highest BCUT2D eigenvalue weighted by molar-refractivity contribution is 14.0. The number of rotatable bonds is 8. The Bertz CT molecular complexity index is 947. The van der Waals surface area contributed by atoms with Crippen LogP contribution in [0.5, 0.6) is 11.5 Å². The topological polar surface area (TPSA) is 67.8 Å². The van der Waals surface area contributed by atoms with Gasteiger partial charge >= 0.3 is 0 Å². The minimum Gasteiger partial charge on any atom is -0.493 e. The molecule has 3 aromatic rings. The Morgan fingerprint density at radius 2 is 1.90 bits per heavy atom. The van der Waals surface area contributed by atoms with Crippen LogP contribution in [0.3, 0.4) is 0 Å². The third-order valence-electron chi connectivity index (χ3n) is 4.06. The maximum Gasteiger partial charge on any atom is 0.196 e. The first-order chi connectivity index (χ1) is 14.2. The number of halogens is 1. The van der Waals surface area contributed by atoms with E-state index in [1.807, 2.05) is 50.2 Å². The Labute approximate surface area is 198 Å². The first kappa shape index (κ1) is 23.9. The molecule has 160 valence electrons. The summed E-state index contributed by atoms with van der Waals surface area (Å²) >= 11 is 1.61.